The lowest BCUT2D eigenvalue weighted by molar-refractivity contribution is -0.145. The largest absolute Gasteiger partial charge is 0.469 e. The van der Waals surface area contributed by atoms with Crippen molar-refractivity contribution in [1.29, 1.82) is 0 Å². The summed E-state index contributed by atoms with van der Waals surface area (Å²) >= 11 is 0. The van der Waals surface area contributed by atoms with Gasteiger partial charge in [0.1, 0.15) is 9.84 Å². The van der Waals surface area contributed by atoms with Crippen LogP contribution in [-0.4, -0.2) is 57.4 Å². The molecule has 17 heavy (non-hydrogen) atoms. The average Bonchev–Trinajstić information content (AvgIpc) is 2.73. The van der Waals surface area contributed by atoms with E-state index in [0.29, 0.717) is 19.5 Å². The first-order valence-corrected chi connectivity index (χ1v) is 7.43. The molecule has 1 unspecified atom stereocenters. The zero-order chi connectivity index (χ0) is 13.1. The molecule has 0 radical (unpaired) electrons. The third kappa shape index (κ3) is 4.33. The number of sulfone groups is 1. The van der Waals surface area contributed by atoms with Gasteiger partial charge in [0.25, 0.3) is 0 Å². The van der Waals surface area contributed by atoms with Crippen molar-refractivity contribution in [3.8, 4) is 0 Å². The fourth-order valence-electron chi connectivity index (χ4n) is 1.78. The highest BCUT2D eigenvalue weighted by Crippen LogP contribution is 2.18. The Kier molecular flexibility index (Phi) is 4.50. The molecule has 0 saturated carbocycles. The van der Waals surface area contributed by atoms with E-state index in [-0.39, 0.29) is 30.0 Å². The Morgan fingerprint density at radius 1 is 1.41 bits per heavy atom. The van der Waals surface area contributed by atoms with Gasteiger partial charge in [-0.05, 0) is 6.42 Å². The van der Waals surface area contributed by atoms with Crippen molar-refractivity contribution in [1.82, 2.24) is 4.90 Å². The van der Waals surface area contributed by atoms with Crippen LogP contribution >= 0.6 is 0 Å². The van der Waals surface area contributed by atoms with Crippen molar-refractivity contribution in [2.24, 2.45) is 5.92 Å². The minimum Gasteiger partial charge on any atom is -0.469 e. The Morgan fingerprint density at radius 3 is 2.59 bits per heavy atom. The van der Waals surface area contributed by atoms with E-state index in [9.17, 15) is 18.0 Å². The van der Waals surface area contributed by atoms with Crippen LogP contribution in [0, 0.1) is 5.92 Å². The summed E-state index contributed by atoms with van der Waals surface area (Å²) < 4.78 is 26.5. The molecule has 1 aliphatic heterocycles. The lowest BCUT2D eigenvalue weighted by Gasteiger charge is -2.15. The number of likely N-dealkylation sites (tertiary alicyclic amines) is 1. The molecule has 6 nitrogen and oxygen atoms in total. The van der Waals surface area contributed by atoms with E-state index >= 15 is 0 Å². The van der Waals surface area contributed by atoms with Crippen LogP contribution in [-0.2, 0) is 24.2 Å². The first-order chi connectivity index (χ1) is 7.83. The number of nitrogens with zero attached hydrogens (tertiary/aromatic N) is 1. The zero-order valence-electron chi connectivity index (χ0n) is 10.0. The second-order valence-electron chi connectivity index (χ2n) is 4.23. The molecule has 1 fully saturated rings. The second kappa shape index (κ2) is 5.48. The van der Waals surface area contributed by atoms with Gasteiger partial charge in [0, 0.05) is 25.8 Å². The lowest BCUT2D eigenvalue weighted by atomic mass is 10.1. The van der Waals surface area contributed by atoms with Crippen LogP contribution in [0.25, 0.3) is 0 Å². The van der Waals surface area contributed by atoms with E-state index in [4.69, 9.17) is 0 Å². The monoisotopic (exact) mass is 263 g/mol. The SMILES string of the molecule is COC(=O)C1CCN(C(=O)CCS(C)(=O)=O)C1. The summed E-state index contributed by atoms with van der Waals surface area (Å²) in [6.07, 6.45) is 1.66. The number of esters is 1. The topological polar surface area (TPSA) is 80.8 Å². The average molecular weight is 263 g/mol. The summed E-state index contributed by atoms with van der Waals surface area (Å²) in [4.78, 5) is 24.4. The highest BCUT2D eigenvalue weighted by atomic mass is 32.2. The van der Waals surface area contributed by atoms with Gasteiger partial charge in [-0.2, -0.15) is 0 Å². The molecule has 0 aromatic rings. The molecule has 7 heteroatoms. The van der Waals surface area contributed by atoms with E-state index in [1.807, 2.05) is 0 Å². The number of methoxy groups -OCH3 is 1. The highest BCUT2D eigenvalue weighted by Gasteiger charge is 2.31. The van der Waals surface area contributed by atoms with E-state index in [0.717, 1.165) is 6.26 Å². The minimum atomic E-state index is -3.12. The first-order valence-electron chi connectivity index (χ1n) is 5.37. The molecule has 98 valence electrons. The number of carbonyl (C=O) groups is 2. The highest BCUT2D eigenvalue weighted by molar-refractivity contribution is 7.90. The molecule has 0 aromatic heterocycles. The standard InChI is InChI=1S/C10H17NO5S/c1-16-10(13)8-3-5-11(7-8)9(12)4-6-17(2,14)15/h8H,3-7H2,1-2H3. The van der Waals surface area contributed by atoms with Crippen LogP contribution in [0.4, 0.5) is 0 Å². The van der Waals surface area contributed by atoms with Crippen LogP contribution < -0.4 is 0 Å². The molecule has 0 bridgehead atoms. The van der Waals surface area contributed by atoms with Crippen molar-refractivity contribution < 1.29 is 22.7 Å². The maximum Gasteiger partial charge on any atom is 0.310 e. The molecule has 1 aliphatic rings. The van der Waals surface area contributed by atoms with Gasteiger partial charge in [-0.25, -0.2) is 8.42 Å². The van der Waals surface area contributed by atoms with Gasteiger partial charge >= 0.3 is 5.97 Å². The molecular formula is C10H17NO5S. The van der Waals surface area contributed by atoms with Crippen LogP contribution in [0.2, 0.25) is 0 Å². The molecule has 1 rings (SSSR count). The van der Waals surface area contributed by atoms with Crippen molar-refractivity contribution in [3.63, 3.8) is 0 Å². The summed E-state index contributed by atoms with van der Waals surface area (Å²) in [5.41, 5.74) is 0. The van der Waals surface area contributed by atoms with Gasteiger partial charge in [0.2, 0.25) is 5.91 Å². The van der Waals surface area contributed by atoms with Gasteiger partial charge in [-0.3, -0.25) is 9.59 Å². The molecule has 0 aromatic carbocycles. The van der Waals surface area contributed by atoms with E-state index < -0.39 is 9.84 Å². The van der Waals surface area contributed by atoms with E-state index in [1.54, 1.807) is 0 Å². The van der Waals surface area contributed by atoms with E-state index in [1.165, 1.54) is 12.0 Å². The molecule has 1 amide bonds. The summed E-state index contributed by atoms with van der Waals surface area (Å²) in [5.74, 6) is -0.960. The lowest BCUT2D eigenvalue weighted by Crippen LogP contribution is -2.31. The van der Waals surface area contributed by atoms with E-state index in [2.05, 4.69) is 4.74 Å². The molecule has 1 saturated heterocycles. The van der Waals surface area contributed by atoms with Crippen molar-refractivity contribution in [3.05, 3.63) is 0 Å². The van der Waals surface area contributed by atoms with Crippen LogP contribution in [0.1, 0.15) is 12.8 Å². The minimum absolute atomic E-state index is 0.0211. The summed E-state index contributed by atoms with van der Waals surface area (Å²) in [6, 6.07) is 0. The number of amides is 1. The van der Waals surface area contributed by atoms with Crippen molar-refractivity contribution in [2.45, 2.75) is 12.8 Å². The van der Waals surface area contributed by atoms with Gasteiger partial charge < -0.3 is 9.64 Å². The second-order valence-corrected chi connectivity index (χ2v) is 6.49. The molecule has 0 N–H and O–H groups in total. The normalized spacial score (nSPS) is 20.4. The maximum atomic E-state index is 11.7. The fourth-order valence-corrected chi connectivity index (χ4v) is 2.32. The first kappa shape index (κ1) is 14.0. The quantitative estimate of drug-likeness (QED) is 0.635. The van der Waals surface area contributed by atoms with Crippen LogP contribution in [0.15, 0.2) is 0 Å². The Bertz CT molecular complexity index is 403. The number of hydrogen-bond acceptors (Lipinski definition) is 5. The summed E-state index contributed by atoms with van der Waals surface area (Å²) in [7, 11) is -1.81. The van der Waals surface area contributed by atoms with Crippen molar-refractivity contribution in [2.75, 3.05) is 32.2 Å². The predicted molar refractivity (Wildman–Crippen MR) is 61.0 cm³/mol. The Hall–Kier alpha value is -1.11. The van der Waals surface area contributed by atoms with Crippen molar-refractivity contribution >= 4 is 21.7 Å². The Morgan fingerprint density at radius 2 is 2.06 bits per heavy atom. The third-order valence-corrected chi connectivity index (χ3v) is 3.71. The molecule has 1 atom stereocenters. The van der Waals surface area contributed by atoms with Gasteiger partial charge in [0.15, 0.2) is 0 Å². The maximum absolute atomic E-state index is 11.7. The number of hydrogen-bond donors (Lipinski definition) is 0. The Balaban J connectivity index is 2.43. The van der Waals surface area contributed by atoms with Gasteiger partial charge in [-0.1, -0.05) is 0 Å². The van der Waals surface area contributed by atoms with Gasteiger partial charge in [0.05, 0.1) is 18.8 Å². The van der Waals surface area contributed by atoms with Gasteiger partial charge in [-0.15, -0.1) is 0 Å². The smallest absolute Gasteiger partial charge is 0.310 e. The summed E-state index contributed by atoms with van der Waals surface area (Å²) in [6.45, 7) is 0.817. The number of rotatable bonds is 4. The molecule has 0 spiro atoms. The summed E-state index contributed by atoms with van der Waals surface area (Å²) in [5, 5.41) is 0. The predicted octanol–water partition coefficient (Wildman–Crippen LogP) is -0.557. The number of ether oxygens (including phenoxy) is 1. The van der Waals surface area contributed by atoms with Crippen LogP contribution in [0.5, 0.6) is 0 Å². The third-order valence-electron chi connectivity index (χ3n) is 2.76. The number of carbonyl (C=O) groups excluding carboxylic acids is 2. The molecule has 0 aliphatic carbocycles. The Labute approximate surface area is 101 Å². The fraction of sp³-hybridized carbons (Fsp3) is 0.800. The molecule has 1 heterocycles. The molecular weight excluding hydrogens is 246 g/mol. The van der Waals surface area contributed by atoms with Crippen LogP contribution in [0.3, 0.4) is 0 Å². The zero-order valence-corrected chi connectivity index (χ0v) is 10.8.